The summed E-state index contributed by atoms with van der Waals surface area (Å²) in [7, 11) is 0. The minimum Gasteiger partial charge on any atom is -0.456 e. The molecule has 1 aromatic heterocycles. The van der Waals surface area contributed by atoms with Crippen LogP contribution in [0.3, 0.4) is 0 Å². The van der Waals surface area contributed by atoms with E-state index in [0.29, 0.717) is 32.7 Å². The Kier molecular flexibility index (Phi) is 2.18. The number of para-hydroxylation sites is 1. The summed E-state index contributed by atoms with van der Waals surface area (Å²) < 4.78 is 19.5. The molecule has 0 aliphatic heterocycles. The molecule has 4 rings (SSSR count). The molecule has 1 heterocycles. The molecule has 2 nitrogen and oxygen atoms in total. The average Bonchev–Trinajstić information content (AvgIpc) is 2.47. The maximum atomic E-state index is 13.8. The van der Waals surface area contributed by atoms with Crippen molar-refractivity contribution in [1.29, 1.82) is 0 Å². The van der Waals surface area contributed by atoms with Gasteiger partial charge in [0, 0.05) is 5.39 Å². The molecule has 0 bridgehead atoms. The van der Waals surface area contributed by atoms with E-state index in [0.717, 1.165) is 0 Å². The molecule has 0 spiro atoms. The minimum atomic E-state index is -0.319. The molecule has 3 heteroatoms. The second-order valence-corrected chi connectivity index (χ2v) is 4.74. The Labute approximate surface area is 113 Å². The summed E-state index contributed by atoms with van der Waals surface area (Å²) in [5.74, 6) is -0.319. The number of benzene rings is 3. The molecule has 0 amide bonds. The smallest absolute Gasteiger partial charge is 0.200 e. The molecule has 0 fully saturated rings. The van der Waals surface area contributed by atoms with Crippen molar-refractivity contribution in [2.75, 3.05) is 0 Å². The van der Waals surface area contributed by atoms with Gasteiger partial charge in [-0.05, 0) is 35.7 Å². The lowest BCUT2D eigenvalue weighted by atomic mass is 10.1. The van der Waals surface area contributed by atoms with Gasteiger partial charge in [-0.1, -0.05) is 24.3 Å². The van der Waals surface area contributed by atoms with Gasteiger partial charge in [-0.15, -0.1) is 0 Å². The Morgan fingerprint density at radius 2 is 1.65 bits per heavy atom. The topological polar surface area (TPSA) is 30.2 Å². The summed E-state index contributed by atoms with van der Waals surface area (Å²) in [6.07, 6.45) is 0. The van der Waals surface area contributed by atoms with E-state index < -0.39 is 0 Å². The molecule has 96 valence electrons. The fourth-order valence-electron chi connectivity index (χ4n) is 2.54. The van der Waals surface area contributed by atoms with Crippen LogP contribution in [0.25, 0.3) is 32.7 Å². The van der Waals surface area contributed by atoms with Crippen LogP contribution in [0.4, 0.5) is 4.39 Å². The molecule has 3 aromatic carbocycles. The van der Waals surface area contributed by atoms with E-state index in [9.17, 15) is 9.18 Å². The quantitative estimate of drug-likeness (QED) is 0.445. The maximum Gasteiger partial charge on any atom is 0.200 e. The van der Waals surface area contributed by atoms with Crippen LogP contribution in [-0.2, 0) is 0 Å². The monoisotopic (exact) mass is 264 g/mol. The molecule has 4 aromatic rings. The second-order valence-electron chi connectivity index (χ2n) is 4.74. The van der Waals surface area contributed by atoms with Crippen molar-refractivity contribution in [2.45, 2.75) is 0 Å². The van der Waals surface area contributed by atoms with Gasteiger partial charge in [0.25, 0.3) is 0 Å². The first-order valence-electron chi connectivity index (χ1n) is 6.28. The lowest BCUT2D eigenvalue weighted by Crippen LogP contribution is -2.01. The SMILES string of the molecule is O=c1c2ccccc2oc2cc3c(F)cccc3cc12. The molecule has 0 radical (unpaired) electrons. The van der Waals surface area contributed by atoms with E-state index in [2.05, 4.69) is 0 Å². The van der Waals surface area contributed by atoms with Crippen LogP contribution in [0, 0.1) is 5.82 Å². The van der Waals surface area contributed by atoms with Crippen LogP contribution in [-0.4, -0.2) is 0 Å². The zero-order chi connectivity index (χ0) is 13.7. The summed E-state index contributed by atoms with van der Waals surface area (Å²) in [5.41, 5.74) is 0.833. The first-order valence-corrected chi connectivity index (χ1v) is 6.28. The standard InChI is InChI=1S/C17H9FO2/c18-14-6-3-4-10-8-13-16(9-12(10)14)20-15-7-2-1-5-11(15)17(13)19/h1-9H. The normalized spacial score (nSPS) is 11.4. The molecular formula is C17H9FO2. The van der Waals surface area contributed by atoms with Crippen molar-refractivity contribution in [3.8, 4) is 0 Å². The van der Waals surface area contributed by atoms with Crippen molar-refractivity contribution in [1.82, 2.24) is 0 Å². The second kappa shape index (κ2) is 3.90. The highest BCUT2D eigenvalue weighted by Crippen LogP contribution is 2.25. The van der Waals surface area contributed by atoms with Crippen LogP contribution in [0.2, 0.25) is 0 Å². The largest absolute Gasteiger partial charge is 0.456 e. The van der Waals surface area contributed by atoms with Gasteiger partial charge < -0.3 is 4.42 Å². The summed E-state index contributed by atoms with van der Waals surface area (Å²) >= 11 is 0. The Morgan fingerprint density at radius 3 is 2.55 bits per heavy atom. The fourth-order valence-corrected chi connectivity index (χ4v) is 2.54. The van der Waals surface area contributed by atoms with E-state index in [1.54, 1.807) is 48.5 Å². The van der Waals surface area contributed by atoms with E-state index in [1.165, 1.54) is 6.07 Å². The predicted octanol–water partition coefficient (Wildman–Crippen LogP) is 4.24. The number of fused-ring (bicyclic) bond motifs is 3. The van der Waals surface area contributed by atoms with E-state index >= 15 is 0 Å². The van der Waals surface area contributed by atoms with Gasteiger partial charge in [0.05, 0.1) is 10.8 Å². The van der Waals surface area contributed by atoms with Gasteiger partial charge in [-0.25, -0.2) is 4.39 Å². The summed E-state index contributed by atoms with van der Waals surface area (Å²) in [6.45, 7) is 0. The summed E-state index contributed by atoms with van der Waals surface area (Å²) in [4.78, 5) is 12.5. The molecule has 0 aliphatic carbocycles. The third kappa shape index (κ3) is 1.46. The first-order chi connectivity index (χ1) is 9.74. The van der Waals surface area contributed by atoms with Gasteiger partial charge in [0.1, 0.15) is 17.0 Å². The zero-order valence-corrected chi connectivity index (χ0v) is 10.4. The van der Waals surface area contributed by atoms with Gasteiger partial charge in [-0.2, -0.15) is 0 Å². The van der Waals surface area contributed by atoms with Crippen LogP contribution in [0.5, 0.6) is 0 Å². The molecule has 0 N–H and O–H groups in total. The molecule has 0 unspecified atom stereocenters. The Balaban J connectivity index is 2.28. The molecule has 0 saturated carbocycles. The zero-order valence-electron chi connectivity index (χ0n) is 10.4. The summed E-state index contributed by atoms with van der Waals surface area (Å²) in [6, 6.07) is 15.2. The van der Waals surface area contributed by atoms with Gasteiger partial charge >= 0.3 is 0 Å². The number of halogens is 1. The Bertz CT molecular complexity index is 1030. The lowest BCUT2D eigenvalue weighted by molar-refractivity contribution is 0.638. The molecule has 0 atom stereocenters. The maximum absolute atomic E-state index is 13.8. The van der Waals surface area contributed by atoms with Crippen LogP contribution < -0.4 is 5.43 Å². The van der Waals surface area contributed by atoms with Crippen molar-refractivity contribution in [2.24, 2.45) is 0 Å². The average molecular weight is 264 g/mol. The highest BCUT2D eigenvalue weighted by atomic mass is 19.1. The first kappa shape index (κ1) is 11.2. The minimum absolute atomic E-state index is 0.0898. The van der Waals surface area contributed by atoms with Crippen LogP contribution >= 0.6 is 0 Å². The van der Waals surface area contributed by atoms with Gasteiger partial charge in [-0.3, -0.25) is 4.79 Å². The summed E-state index contributed by atoms with van der Waals surface area (Å²) in [5, 5.41) is 2.16. The number of rotatable bonds is 0. The van der Waals surface area contributed by atoms with Crippen molar-refractivity contribution >= 4 is 32.7 Å². The third-order valence-corrected chi connectivity index (χ3v) is 3.52. The van der Waals surface area contributed by atoms with Gasteiger partial charge in [0.15, 0.2) is 0 Å². The third-order valence-electron chi connectivity index (χ3n) is 3.52. The predicted molar refractivity (Wildman–Crippen MR) is 77.5 cm³/mol. The van der Waals surface area contributed by atoms with E-state index in [4.69, 9.17) is 4.42 Å². The van der Waals surface area contributed by atoms with Crippen molar-refractivity contribution < 1.29 is 8.81 Å². The fraction of sp³-hybridized carbons (Fsp3) is 0. The van der Waals surface area contributed by atoms with Crippen molar-refractivity contribution in [3.05, 3.63) is 70.6 Å². The van der Waals surface area contributed by atoms with Crippen molar-refractivity contribution in [3.63, 3.8) is 0 Å². The number of hydrogen-bond donors (Lipinski definition) is 0. The molecule has 0 saturated heterocycles. The lowest BCUT2D eigenvalue weighted by Gasteiger charge is -2.04. The van der Waals surface area contributed by atoms with Crippen LogP contribution in [0.1, 0.15) is 0 Å². The van der Waals surface area contributed by atoms with E-state index in [-0.39, 0.29) is 11.2 Å². The highest BCUT2D eigenvalue weighted by Gasteiger charge is 2.10. The highest BCUT2D eigenvalue weighted by molar-refractivity contribution is 5.99. The molecule has 0 aliphatic rings. The molecule has 20 heavy (non-hydrogen) atoms. The Hall–Kier alpha value is -2.68. The van der Waals surface area contributed by atoms with Gasteiger partial charge in [0.2, 0.25) is 5.43 Å². The van der Waals surface area contributed by atoms with Crippen LogP contribution in [0.15, 0.2) is 63.8 Å². The molecular weight excluding hydrogens is 255 g/mol. The Morgan fingerprint density at radius 1 is 0.800 bits per heavy atom. The van der Waals surface area contributed by atoms with E-state index in [1.807, 2.05) is 0 Å². The number of hydrogen-bond acceptors (Lipinski definition) is 2.